The summed E-state index contributed by atoms with van der Waals surface area (Å²) in [6.45, 7) is 1.59. The maximum atomic E-state index is 12.2. The number of hydrogen-bond acceptors (Lipinski definition) is 6. The quantitative estimate of drug-likeness (QED) is 0.895. The summed E-state index contributed by atoms with van der Waals surface area (Å²) >= 11 is 0.949. The molecule has 2 aromatic rings. The van der Waals surface area contributed by atoms with E-state index in [-0.39, 0.29) is 10.6 Å². The second-order valence-electron chi connectivity index (χ2n) is 4.53. The summed E-state index contributed by atoms with van der Waals surface area (Å²) in [4.78, 5) is 29.3. The van der Waals surface area contributed by atoms with Gasteiger partial charge >= 0.3 is 5.97 Å². The van der Waals surface area contributed by atoms with E-state index in [1.807, 2.05) is 14.1 Å². The summed E-state index contributed by atoms with van der Waals surface area (Å²) in [6, 6.07) is 3.19. The van der Waals surface area contributed by atoms with E-state index in [0.29, 0.717) is 17.1 Å². The summed E-state index contributed by atoms with van der Waals surface area (Å²) in [5, 5.41) is 11.9. The monoisotopic (exact) mass is 306 g/mol. The van der Waals surface area contributed by atoms with Crippen LogP contribution in [0, 0.1) is 6.92 Å². The number of carboxylic acid groups (broad SMARTS) is 1. The lowest BCUT2D eigenvalue weighted by Gasteiger charge is -2.12. The summed E-state index contributed by atoms with van der Waals surface area (Å²) in [5.41, 5.74) is 0.804. The van der Waals surface area contributed by atoms with Crippen LogP contribution in [0.3, 0.4) is 0 Å². The highest BCUT2D eigenvalue weighted by molar-refractivity contribution is 7.11. The molecule has 0 aromatic carbocycles. The Kier molecular flexibility index (Phi) is 4.18. The molecule has 110 valence electrons. The molecule has 0 saturated heterocycles. The van der Waals surface area contributed by atoms with Gasteiger partial charge < -0.3 is 15.3 Å². The van der Waals surface area contributed by atoms with Crippen molar-refractivity contribution in [1.29, 1.82) is 0 Å². The minimum atomic E-state index is -1.11. The number of nitrogens with zero attached hydrogens (tertiary/aromatic N) is 3. The summed E-state index contributed by atoms with van der Waals surface area (Å²) in [7, 11) is 3.64. The SMILES string of the molecule is Cc1nsc(NC(=O)c2ccnc(N(C)C)c2)c1C(=O)O. The number of carbonyl (C=O) groups is 2. The highest BCUT2D eigenvalue weighted by atomic mass is 32.1. The molecule has 0 radical (unpaired) electrons. The maximum Gasteiger partial charge on any atom is 0.340 e. The Morgan fingerprint density at radius 2 is 2.10 bits per heavy atom. The molecule has 0 atom stereocenters. The number of amides is 1. The zero-order valence-corrected chi connectivity index (χ0v) is 12.6. The van der Waals surface area contributed by atoms with Crippen LogP contribution in [-0.2, 0) is 0 Å². The average Bonchev–Trinajstić information content (AvgIpc) is 2.79. The van der Waals surface area contributed by atoms with E-state index in [4.69, 9.17) is 5.11 Å². The van der Waals surface area contributed by atoms with Crippen LogP contribution in [0.15, 0.2) is 18.3 Å². The number of aromatic carboxylic acids is 1. The Bertz CT molecular complexity index is 696. The smallest absolute Gasteiger partial charge is 0.340 e. The number of aromatic nitrogens is 2. The largest absolute Gasteiger partial charge is 0.478 e. The molecule has 8 heteroatoms. The Labute approximate surface area is 125 Å². The third-order valence-corrected chi connectivity index (χ3v) is 3.62. The van der Waals surface area contributed by atoms with Gasteiger partial charge in [-0.2, -0.15) is 4.37 Å². The van der Waals surface area contributed by atoms with E-state index in [1.54, 1.807) is 24.0 Å². The first-order valence-electron chi connectivity index (χ1n) is 6.04. The van der Waals surface area contributed by atoms with Gasteiger partial charge in [0, 0.05) is 25.9 Å². The Morgan fingerprint density at radius 1 is 1.38 bits per heavy atom. The van der Waals surface area contributed by atoms with Crippen LogP contribution in [0.5, 0.6) is 0 Å². The van der Waals surface area contributed by atoms with E-state index in [0.717, 1.165) is 11.5 Å². The molecule has 2 N–H and O–H groups in total. The predicted molar refractivity (Wildman–Crippen MR) is 80.3 cm³/mol. The fourth-order valence-electron chi connectivity index (χ4n) is 1.69. The highest BCUT2D eigenvalue weighted by Crippen LogP contribution is 2.25. The van der Waals surface area contributed by atoms with Gasteiger partial charge in [0.15, 0.2) is 0 Å². The van der Waals surface area contributed by atoms with Crippen LogP contribution in [0.4, 0.5) is 10.8 Å². The molecule has 1 amide bonds. The molecule has 7 nitrogen and oxygen atoms in total. The molecule has 2 heterocycles. The van der Waals surface area contributed by atoms with Crippen molar-refractivity contribution >= 4 is 34.2 Å². The lowest BCUT2D eigenvalue weighted by atomic mass is 10.2. The van der Waals surface area contributed by atoms with Gasteiger partial charge in [0.1, 0.15) is 16.4 Å². The molecule has 0 unspecified atom stereocenters. The second kappa shape index (κ2) is 5.88. The first-order chi connectivity index (χ1) is 9.90. The summed E-state index contributed by atoms with van der Waals surface area (Å²) in [5.74, 6) is -0.867. The van der Waals surface area contributed by atoms with Crippen molar-refractivity contribution in [2.75, 3.05) is 24.3 Å². The van der Waals surface area contributed by atoms with E-state index < -0.39 is 11.9 Å². The number of pyridine rings is 1. The molecule has 2 aromatic heterocycles. The molecule has 0 fully saturated rings. The standard InChI is InChI=1S/C13H14N4O3S/c1-7-10(13(19)20)12(21-16-7)15-11(18)8-4-5-14-9(6-8)17(2)3/h4-6H,1-3H3,(H,15,18)(H,19,20). The molecule has 0 aliphatic heterocycles. The minimum Gasteiger partial charge on any atom is -0.478 e. The van der Waals surface area contributed by atoms with Crippen LogP contribution < -0.4 is 10.2 Å². The van der Waals surface area contributed by atoms with Crippen molar-refractivity contribution in [2.24, 2.45) is 0 Å². The van der Waals surface area contributed by atoms with E-state index >= 15 is 0 Å². The molecule has 0 spiro atoms. The molecule has 0 aliphatic carbocycles. The third kappa shape index (κ3) is 3.16. The maximum absolute atomic E-state index is 12.2. The van der Waals surface area contributed by atoms with Crippen LogP contribution in [0.25, 0.3) is 0 Å². The molecule has 2 rings (SSSR count). The van der Waals surface area contributed by atoms with Gasteiger partial charge in [0.2, 0.25) is 0 Å². The van der Waals surface area contributed by atoms with Crippen LogP contribution in [-0.4, -0.2) is 40.4 Å². The van der Waals surface area contributed by atoms with Gasteiger partial charge in [-0.25, -0.2) is 9.78 Å². The zero-order chi connectivity index (χ0) is 15.6. The molecule has 0 bridgehead atoms. The lowest BCUT2D eigenvalue weighted by molar-refractivity contribution is 0.0697. The Balaban J connectivity index is 2.26. The molecular weight excluding hydrogens is 292 g/mol. The molecule has 0 saturated carbocycles. The van der Waals surface area contributed by atoms with Crippen molar-refractivity contribution < 1.29 is 14.7 Å². The third-order valence-electron chi connectivity index (χ3n) is 2.77. The van der Waals surface area contributed by atoms with Crippen molar-refractivity contribution in [1.82, 2.24) is 9.36 Å². The second-order valence-corrected chi connectivity index (χ2v) is 5.30. The van der Waals surface area contributed by atoms with Gasteiger partial charge in [-0.3, -0.25) is 4.79 Å². The van der Waals surface area contributed by atoms with Crippen molar-refractivity contribution in [3.8, 4) is 0 Å². The number of nitrogens with one attached hydrogen (secondary N) is 1. The van der Waals surface area contributed by atoms with Gasteiger partial charge in [-0.15, -0.1) is 0 Å². The van der Waals surface area contributed by atoms with Crippen LogP contribution in [0.1, 0.15) is 26.4 Å². The van der Waals surface area contributed by atoms with Gasteiger partial charge in [0.25, 0.3) is 5.91 Å². The average molecular weight is 306 g/mol. The van der Waals surface area contributed by atoms with Gasteiger partial charge in [0.05, 0.1) is 5.69 Å². The topological polar surface area (TPSA) is 95.4 Å². The first kappa shape index (κ1) is 14.9. The number of carboxylic acids is 1. The van der Waals surface area contributed by atoms with E-state index in [2.05, 4.69) is 14.7 Å². The number of aryl methyl sites for hydroxylation is 1. The molecular formula is C13H14N4O3S. The minimum absolute atomic E-state index is 0.0234. The summed E-state index contributed by atoms with van der Waals surface area (Å²) in [6.07, 6.45) is 1.53. The Hall–Kier alpha value is -2.48. The number of rotatable bonds is 4. The number of carbonyl (C=O) groups excluding carboxylic acids is 1. The van der Waals surface area contributed by atoms with E-state index in [9.17, 15) is 9.59 Å². The summed E-state index contributed by atoms with van der Waals surface area (Å²) < 4.78 is 3.96. The highest BCUT2D eigenvalue weighted by Gasteiger charge is 2.20. The normalized spacial score (nSPS) is 10.2. The van der Waals surface area contributed by atoms with Gasteiger partial charge in [-0.05, 0) is 30.6 Å². The van der Waals surface area contributed by atoms with Crippen LogP contribution in [0.2, 0.25) is 0 Å². The van der Waals surface area contributed by atoms with E-state index in [1.165, 1.54) is 6.20 Å². The fraction of sp³-hybridized carbons (Fsp3) is 0.231. The predicted octanol–water partition coefficient (Wildman–Crippen LogP) is 1.86. The lowest BCUT2D eigenvalue weighted by Crippen LogP contribution is -2.16. The molecule has 21 heavy (non-hydrogen) atoms. The van der Waals surface area contributed by atoms with Crippen molar-refractivity contribution in [2.45, 2.75) is 6.92 Å². The zero-order valence-electron chi connectivity index (χ0n) is 11.7. The van der Waals surface area contributed by atoms with Crippen molar-refractivity contribution in [3.05, 3.63) is 35.2 Å². The molecule has 0 aliphatic rings. The van der Waals surface area contributed by atoms with Crippen LogP contribution >= 0.6 is 11.5 Å². The van der Waals surface area contributed by atoms with Gasteiger partial charge in [-0.1, -0.05) is 0 Å². The first-order valence-corrected chi connectivity index (χ1v) is 6.81. The fourth-order valence-corrected chi connectivity index (χ4v) is 2.47. The number of anilines is 2. The van der Waals surface area contributed by atoms with Crippen molar-refractivity contribution in [3.63, 3.8) is 0 Å². The number of hydrogen-bond donors (Lipinski definition) is 2. The Morgan fingerprint density at radius 3 is 2.71 bits per heavy atom.